The lowest BCUT2D eigenvalue weighted by atomic mass is 10.1. The van der Waals surface area contributed by atoms with E-state index in [1.807, 2.05) is 0 Å². The Labute approximate surface area is 129 Å². The largest absolute Gasteiger partial charge is 0.478 e. The maximum Gasteiger partial charge on any atom is 0.416 e. The molecule has 5 nitrogen and oxygen atoms in total. The van der Waals surface area contributed by atoms with Crippen LogP contribution in [0.3, 0.4) is 0 Å². The molecule has 1 aliphatic rings. The number of hydrogen-bond acceptors (Lipinski definition) is 4. The second-order valence-corrected chi connectivity index (χ2v) is 5.21. The van der Waals surface area contributed by atoms with Crippen molar-refractivity contribution in [2.75, 3.05) is 24.6 Å². The van der Waals surface area contributed by atoms with E-state index in [-0.39, 0.29) is 18.7 Å². The first kappa shape index (κ1) is 15.5. The number of anilines is 1. The van der Waals surface area contributed by atoms with E-state index in [4.69, 9.17) is 4.74 Å². The number of benzene rings is 1. The molecule has 1 aromatic heterocycles. The van der Waals surface area contributed by atoms with Crippen LogP contribution >= 0.6 is 0 Å². The number of rotatable bonds is 2. The summed E-state index contributed by atoms with van der Waals surface area (Å²) in [5.74, 6) is -1.11. The van der Waals surface area contributed by atoms with Crippen molar-refractivity contribution in [3.8, 4) is 0 Å². The summed E-state index contributed by atoms with van der Waals surface area (Å²) in [4.78, 5) is 16.9. The fourth-order valence-electron chi connectivity index (χ4n) is 2.60. The topological polar surface area (TPSA) is 62.7 Å². The molecule has 0 spiro atoms. The lowest BCUT2D eigenvalue weighted by Gasteiger charge is -2.35. The minimum Gasteiger partial charge on any atom is -0.478 e. The van der Waals surface area contributed by atoms with Gasteiger partial charge in [0.05, 0.1) is 24.2 Å². The number of pyridine rings is 1. The van der Waals surface area contributed by atoms with E-state index >= 15 is 0 Å². The molecule has 0 unspecified atom stereocenters. The third-order valence-electron chi connectivity index (χ3n) is 3.75. The Morgan fingerprint density at radius 3 is 2.83 bits per heavy atom. The summed E-state index contributed by atoms with van der Waals surface area (Å²) in [5, 5.41) is 9.62. The molecule has 1 atom stereocenters. The molecule has 0 radical (unpaired) electrons. The van der Waals surface area contributed by atoms with Gasteiger partial charge in [0.15, 0.2) is 6.10 Å². The van der Waals surface area contributed by atoms with E-state index in [9.17, 15) is 23.1 Å². The number of fused-ring (bicyclic) bond motifs is 1. The van der Waals surface area contributed by atoms with Gasteiger partial charge in [-0.25, -0.2) is 4.79 Å². The Kier molecular flexibility index (Phi) is 3.85. The van der Waals surface area contributed by atoms with Crippen LogP contribution in [0.2, 0.25) is 0 Å². The molecule has 2 heterocycles. The number of ether oxygens (including phenoxy) is 1. The van der Waals surface area contributed by atoms with Crippen LogP contribution in [-0.2, 0) is 4.74 Å². The van der Waals surface area contributed by atoms with E-state index in [0.717, 1.165) is 0 Å². The number of carboxylic acid groups (broad SMARTS) is 1. The molecular formula is C15H13F3N2O3. The van der Waals surface area contributed by atoms with Crippen molar-refractivity contribution in [3.63, 3.8) is 0 Å². The average Bonchev–Trinajstić information content (AvgIpc) is 2.53. The summed E-state index contributed by atoms with van der Waals surface area (Å²) in [7, 11) is 0. The van der Waals surface area contributed by atoms with Crippen LogP contribution in [0.1, 0.15) is 10.4 Å². The molecular weight excluding hydrogens is 313 g/mol. The van der Waals surface area contributed by atoms with Crippen LogP contribution in [0, 0.1) is 0 Å². The number of alkyl halides is 3. The lowest BCUT2D eigenvalue weighted by molar-refractivity contribution is -0.221. The molecule has 0 aliphatic carbocycles. The molecule has 8 heteroatoms. The summed E-state index contributed by atoms with van der Waals surface area (Å²) >= 11 is 0. The molecule has 0 bridgehead atoms. The van der Waals surface area contributed by atoms with E-state index < -0.39 is 18.2 Å². The van der Waals surface area contributed by atoms with Crippen molar-refractivity contribution in [3.05, 3.63) is 36.0 Å². The number of aromatic nitrogens is 1. The van der Waals surface area contributed by atoms with Gasteiger partial charge < -0.3 is 14.7 Å². The van der Waals surface area contributed by atoms with E-state index in [1.54, 1.807) is 23.1 Å². The Bertz CT molecular complexity index is 748. The number of halogens is 3. The molecule has 0 amide bonds. The highest BCUT2D eigenvalue weighted by molar-refractivity contribution is 6.03. The molecule has 1 saturated heterocycles. The third kappa shape index (κ3) is 3.07. The minimum atomic E-state index is -4.43. The van der Waals surface area contributed by atoms with Gasteiger partial charge in [-0.2, -0.15) is 13.2 Å². The standard InChI is InChI=1S/C15H13F3N2O3/c16-15(17,18)13-8-20(5-6-23-13)9-1-2-12-11(7-9)10(14(21)22)3-4-19-12/h1-4,7,13H,5-6,8H2,(H,21,22)/t13-/m1/s1. The Morgan fingerprint density at radius 1 is 1.35 bits per heavy atom. The number of hydrogen-bond donors (Lipinski definition) is 1. The second-order valence-electron chi connectivity index (χ2n) is 5.21. The maximum atomic E-state index is 12.8. The summed E-state index contributed by atoms with van der Waals surface area (Å²) in [6, 6.07) is 6.17. The zero-order valence-corrected chi connectivity index (χ0v) is 11.9. The molecule has 1 aromatic carbocycles. The van der Waals surface area contributed by atoms with Crippen molar-refractivity contribution < 1.29 is 27.8 Å². The molecule has 1 N–H and O–H groups in total. The van der Waals surface area contributed by atoms with Gasteiger partial charge in [0.2, 0.25) is 0 Å². The van der Waals surface area contributed by atoms with Gasteiger partial charge in [-0.1, -0.05) is 0 Å². The fraction of sp³-hybridized carbons (Fsp3) is 0.333. The van der Waals surface area contributed by atoms with Gasteiger partial charge in [-0.15, -0.1) is 0 Å². The van der Waals surface area contributed by atoms with Gasteiger partial charge in [0.25, 0.3) is 0 Å². The first-order valence-corrected chi connectivity index (χ1v) is 6.91. The quantitative estimate of drug-likeness (QED) is 0.919. The maximum absolute atomic E-state index is 12.8. The highest BCUT2D eigenvalue weighted by atomic mass is 19.4. The normalized spacial score (nSPS) is 19.1. The molecule has 2 aromatic rings. The average molecular weight is 326 g/mol. The van der Waals surface area contributed by atoms with Crippen molar-refractivity contribution in [1.82, 2.24) is 4.98 Å². The van der Waals surface area contributed by atoms with Crippen molar-refractivity contribution >= 4 is 22.6 Å². The lowest BCUT2D eigenvalue weighted by Crippen LogP contribution is -2.49. The molecule has 3 rings (SSSR count). The summed E-state index contributed by atoms with van der Waals surface area (Å²) < 4.78 is 43.2. The van der Waals surface area contributed by atoms with Crippen LogP contribution in [-0.4, -0.2) is 48.0 Å². The van der Waals surface area contributed by atoms with Crippen molar-refractivity contribution in [1.29, 1.82) is 0 Å². The molecule has 0 saturated carbocycles. The van der Waals surface area contributed by atoms with E-state index in [1.165, 1.54) is 12.3 Å². The summed E-state index contributed by atoms with van der Waals surface area (Å²) in [5.41, 5.74) is 1.07. The number of aromatic carboxylic acids is 1. The predicted octanol–water partition coefficient (Wildman–Crippen LogP) is 2.70. The smallest absolute Gasteiger partial charge is 0.416 e. The Hall–Kier alpha value is -2.35. The SMILES string of the molecule is O=C(O)c1ccnc2ccc(N3CCO[C@@H](C(F)(F)F)C3)cc12. The highest BCUT2D eigenvalue weighted by Crippen LogP contribution is 2.30. The monoisotopic (exact) mass is 326 g/mol. The molecule has 1 fully saturated rings. The van der Waals surface area contributed by atoms with Crippen LogP contribution < -0.4 is 4.90 Å². The van der Waals surface area contributed by atoms with Crippen LogP contribution in [0.15, 0.2) is 30.5 Å². The molecule has 122 valence electrons. The van der Waals surface area contributed by atoms with Crippen molar-refractivity contribution in [2.45, 2.75) is 12.3 Å². The number of carboxylic acids is 1. The fourth-order valence-corrected chi connectivity index (χ4v) is 2.60. The van der Waals surface area contributed by atoms with E-state index in [2.05, 4.69) is 4.98 Å². The zero-order chi connectivity index (χ0) is 16.6. The highest BCUT2D eigenvalue weighted by Gasteiger charge is 2.43. The first-order chi connectivity index (χ1) is 10.9. The van der Waals surface area contributed by atoms with Crippen LogP contribution in [0.4, 0.5) is 18.9 Å². The molecule has 1 aliphatic heterocycles. The Morgan fingerprint density at radius 2 is 2.13 bits per heavy atom. The van der Waals surface area contributed by atoms with Gasteiger partial charge in [-0.05, 0) is 24.3 Å². The van der Waals surface area contributed by atoms with Gasteiger partial charge in [0.1, 0.15) is 0 Å². The summed E-state index contributed by atoms with van der Waals surface area (Å²) in [6.07, 6.45) is -4.89. The van der Waals surface area contributed by atoms with E-state index in [0.29, 0.717) is 23.1 Å². The van der Waals surface area contributed by atoms with Crippen molar-refractivity contribution in [2.24, 2.45) is 0 Å². The van der Waals surface area contributed by atoms with Gasteiger partial charge in [-0.3, -0.25) is 4.98 Å². The second kappa shape index (κ2) is 5.69. The predicted molar refractivity (Wildman–Crippen MR) is 76.7 cm³/mol. The Balaban J connectivity index is 1.97. The summed E-state index contributed by atoms with van der Waals surface area (Å²) in [6.45, 7) is -0.0561. The minimum absolute atomic E-state index is 0.0406. The first-order valence-electron chi connectivity index (χ1n) is 6.91. The number of carbonyl (C=O) groups is 1. The number of morpholine rings is 1. The van der Waals surface area contributed by atoms with Gasteiger partial charge in [0, 0.05) is 23.8 Å². The zero-order valence-electron chi connectivity index (χ0n) is 11.9. The van der Waals surface area contributed by atoms with Gasteiger partial charge >= 0.3 is 12.1 Å². The third-order valence-corrected chi connectivity index (χ3v) is 3.75. The van der Waals surface area contributed by atoms with Crippen LogP contribution in [0.5, 0.6) is 0 Å². The molecule has 23 heavy (non-hydrogen) atoms. The number of nitrogens with zero attached hydrogens (tertiary/aromatic N) is 2. The van der Waals surface area contributed by atoms with Crippen LogP contribution in [0.25, 0.3) is 10.9 Å².